The maximum absolute atomic E-state index is 13.7. The molecule has 1 aliphatic carbocycles. The third kappa shape index (κ3) is 2.09. The number of nitrogens with zero attached hydrogens (tertiary/aromatic N) is 2. The van der Waals surface area contributed by atoms with Gasteiger partial charge in [0.15, 0.2) is 0 Å². The Kier molecular flexibility index (Phi) is 3.90. The van der Waals surface area contributed by atoms with Crippen LogP contribution in [0.15, 0.2) is 29.3 Å². The maximum Gasteiger partial charge on any atom is 0.303 e. The van der Waals surface area contributed by atoms with Crippen LogP contribution in [0.1, 0.15) is 32.3 Å². The van der Waals surface area contributed by atoms with Crippen LogP contribution in [0.25, 0.3) is 0 Å². The summed E-state index contributed by atoms with van der Waals surface area (Å²) in [5, 5.41) is 1.35. The summed E-state index contributed by atoms with van der Waals surface area (Å²) in [7, 11) is 1.49. The fourth-order valence-electron chi connectivity index (χ4n) is 5.83. The van der Waals surface area contributed by atoms with E-state index in [1.807, 2.05) is 24.3 Å². The summed E-state index contributed by atoms with van der Waals surface area (Å²) in [5.74, 6) is -0.391. The third-order valence-corrected chi connectivity index (χ3v) is 6.83. The van der Waals surface area contributed by atoms with E-state index in [0.717, 1.165) is 23.4 Å². The smallest absolute Gasteiger partial charge is 0.303 e. The van der Waals surface area contributed by atoms with Crippen molar-refractivity contribution in [2.75, 3.05) is 18.8 Å². The molecule has 6 rings (SSSR count). The molecule has 5 aliphatic rings. The lowest BCUT2D eigenvalue weighted by atomic mass is 9.70. The molecule has 2 saturated heterocycles. The lowest BCUT2D eigenvalue weighted by Crippen LogP contribution is -2.59. The quantitative estimate of drug-likeness (QED) is 0.746. The topological polar surface area (TPSA) is 77.4 Å². The van der Waals surface area contributed by atoms with E-state index in [4.69, 9.17) is 19.3 Å². The first-order valence-electron chi connectivity index (χ1n) is 9.86. The SMILES string of the molecule is CCC1=N[C@H]2C[C@@]3(C(=O)N(OC)c4ccccc43)[C@@H]3OC[C@H]2[C@H]1[C@@H]3OC(C)=O. The van der Waals surface area contributed by atoms with E-state index in [0.29, 0.717) is 13.0 Å². The Bertz CT molecular complexity index is 883. The number of para-hydroxylation sites is 1. The van der Waals surface area contributed by atoms with E-state index in [1.54, 1.807) is 0 Å². The number of anilines is 1. The van der Waals surface area contributed by atoms with Crippen molar-refractivity contribution in [3.8, 4) is 0 Å². The van der Waals surface area contributed by atoms with Crippen molar-refractivity contribution in [1.82, 2.24) is 0 Å². The van der Waals surface area contributed by atoms with Crippen molar-refractivity contribution in [2.24, 2.45) is 16.8 Å². The van der Waals surface area contributed by atoms with Crippen LogP contribution in [0, 0.1) is 11.8 Å². The average molecular weight is 384 g/mol. The predicted octanol–water partition coefficient (Wildman–Crippen LogP) is 2.03. The molecular weight excluding hydrogens is 360 g/mol. The van der Waals surface area contributed by atoms with Crippen molar-refractivity contribution in [1.29, 1.82) is 0 Å². The van der Waals surface area contributed by atoms with Gasteiger partial charge in [-0.1, -0.05) is 25.1 Å². The van der Waals surface area contributed by atoms with Gasteiger partial charge in [-0.15, -0.1) is 0 Å². The predicted molar refractivity (Wildman–Crippen MR) is 101 cm³/mol. The molecule has 6 atom stereocenters. The van der Waals surface area contributed by atoms with Gasteiger partial charge in [-0.25, -0.2) is 0 Å². The number of esters is 1. The zero-order chi connectivity index (χ0) is 19.6. The summed E-state index contributed by atoms with van der Waals surface area (Å²) < 4.78 is 12.1. The maximum atomic E-state index is 13.7. The van der Waals surface area contributed by atoms with Crippen LogP contribution in [-0.2, 0) is 29.3 Å². The molecule has 1 amide bonds. The number of aliphatic imine (C=N–C) groups is 1. The number of rotatable bonds is 3. The molecule has 1 aromatic rings. The Morgan fingerprint density at radius 3 is 2.89 bits per heavy atom. The Labute approximate surface area is 163 Å². The molecule has 3 fully saturated rings. The van der Waals surface area contributed by atoms with Crippen molar-refractivity contribution < 1.29 is 23.9 Å². The minimum atomic E-state index is -0.969. The van der Waals surface area contributed by atoms with Gasteiger partial charge in [0.1, 0.15) is 17.6 Å². The Morgan fingerprint density at radius 1 is 1.39 bits per heavy atom. The van der Waals surface area contributed by atoms with E-state index in [-0.39, 0.29) is 29.8 Å². The highest BCUT2D eigenvalue weighted by Gasteiger charge is 2.68. The number of amides is 1. The molecule has 4 aliphatic heterocycles. The number of carbonyl (C=O) groups excluding carboxylic acids is 2. The average Bonchev–Trinajstić information content (AvgIpc) is 3.05. The zero-order valence-electron chi connectivity index (χ0n) is 16.3. The summed E-state index contributed by atoms with van der Waals surface area (Å²) in [5.41, 5.74) is 1.70. The first-order valence-corrected chi connectivity index (χ1v) is 9.86. The second-order valence-electron chi connectivity index (χ2n) is 8.03. The largest absolute Gasteiger partial charge is 0.459 e. The molecule has 7 heteroatoms. The number of fused-ring (bicyclic) bond motifs is 2. The van der Waals surface area contributed by atoms with Crippen molar-refractivity contribution in [3.05, 3.63) is 29.8 Å². The zero-order valence-corrected chi connectivity index (χ0v) is 16.3. The summed E-state index contributed by atoms with van der Waals surface area (Å²) in [6, 6.07) is 7.61. The molecule has 0 N–H and O–H groups in total. The summed E-state index contributed by atoms with van der Waals surface area (Å²) >= 11 is 0. The number of hydroxylamine groups is 1. The standard InChI is InChI=1S/C21H24N2O5/c1-4-14-17-12-10-27-19(18(17)28-11(2)24)21(9-15(12)22-14)13-7-5-6-8-16(13)23(26-3)20(21)25/h5-8,12,15,17-19H,4,9-10H2,1-3H3/t12-,15+,17-,18+,19-,21+/m1/s1. The normalized spacial score (nSPS) is 37.8. The molecule has 28 heavy (non-hydrogen) atoms. The Hall–Kier alpha value is -2.25. The second kappa shape index (κ2) is 6.12. The van der Waals surface area contributed by atoms with Crippen molar-refractivity contribution in [2.45, 2.75) is 50.4 Å². The molecule has 0 radical (unpaired) electrons. The van der Waals surface area contributed by atoms with Gasteiger partial charge >= 0.3 is 5.97 Å². The van der Waals surface area contributed by atoms with Crippen LogP contribution in [-0.4, -0.2) is 49.6 Å². The van der Waals surface area contributed by atoms with Crippen LogP contribution in [0.3, 0.4) is 0 Å². The fraction of sp³-hybridized carbons (Fsp3) is 0.571. The van der Waals surface area contributed by atoms with Gasteiger partial charge in [-0.05, 0) is 24.5 Å². The van der Waals surface area contributed by atoms with Crippen LogP contribution in [0.4, 0.5) is 5.69 Å². The van der Waals surface area contributed by atoms with Crippen LogP contribution in [0.2, 0.25) is 0 Å². The third-order valence-electron chi connectivity index (χ3n) is 6.83. The van der Waals surface area contributed by atoms with Gasteiger partial charge in [0.25, 0.3) is 5.91 Å². The lowest BCUT2D eigenvalue weighted by molar-refractivity contribution is -0.179. The van der Waals surface area contributed by atoms with E-state index in [9.17, 15) is 9.59 Å². The molecule has 148 valence electrons. The number of benzene rings is 1. The molecule has 4 bridgehead atoms. The van der Waals surface area contributed by atoms with Gasteiger partial charge < -0.3 is 9.47 Å². The van der Waals surface area contributed by atoms with E-state index in [1.165, 1.54) is 19.1 Å². The lowest BCUT2D eigenvalue weighted by Gasteiger charge is -2.43. The molecule has 7 nitrogen and oxygen atoms in total. The number of carbonyl (C=O) groups is 2. The monoisotopic (exact) mass is 384 g/mol. The molecule has 1 spiro atoms. The molecule has 0 aromatic heterocycles. The summed E-state index contributed by atoms with van der Waals surface area (Å²) in [6.07, 6.45) is 0.254. The van der Waals surface area contributed by atoms with Crippen molar-refractivity contribution >= 4 is 23.3 Å². The van der Waals surface area contributed by atoms with Gasteiger partial charge in [0.2, 0.25) is 0 Å². The number of hydrogen-bond acceptors (Lipinski definition) is 6. The van der Waals surface area contributed by atoms with E-state index in [2.05, 4.69) is 6.92 Å². The first kappa shape index (κ1) is 17.8. The minimum Gasteiger partial charge on any atom is -0.459 e. The van der Waals surface area contributed by atoms with Gasteiger partial charge in [-0.3, -0.25) is 19.4 Å². The Morgan fingerprint density at radius 2 is 2.18 bits per heavy atom. The minimum absolute atomic E-state index is 0.00795. The second-order valence-corrected chi connectivity index (χ2v) is 8.03. The summed E-state index contributed by atoms with van der Waals surface area (Å²) in [4.78, 5) is 36.1. The van der Waals surface area contributed by atoms with Gasteiger partial charge in [0, 0.05) is 24.5 Å². The highest BCUT2D eigenvalue weighted by atomic mass is 16.7. The fourth-order valence-corrected chi connectivity index (χ4v) is 5.83. The Balaban J connectivity index is 1.73. The van der Waals surface area contributed by atoms with E-state index >= 15 is 0 Å². The number of ether oxygens (including phenoxy) is 2. The molecule has 1 aromatic carbocycles. The van der Waals surface area contributed by atoms with Crippen molar-refractivity contribution in [3.63, 3.8) is 0 Å². The highest BCUT2D eigenvalue weighted by Crippen LogP contribution is 2.57. The van der Waals surface area contributed by atoms with Crippen LogP contribution in [0.5, 0.6) is 0 Å². The molecule has 0 unspecified atom stereocenters. The van der Waals surface area contributed by atoms with Gasteiger partial charge in [0.05, 0.1) is 25.4 Å². The molecular formula is C21H24N2O5. The summed E-state index contributed by atoms with van der Waals surface area (Å²) in [6.45, 7) is 4.01. The first-order chi connectivity index (χ1) is 13.5. The van der Waals surface area contributed by atoms with Crippen LogP contribution < -0.4 is 5.06 Å². The van der Waals surface area contributed by atoms with Gasteiger partial charge in [-0.2, -0.15) is 5.06 Å². The molecule has 4 heterocycles. The highest BCUT2D eigenvalue weighted by molar-refractivity contribution is 6.08. The van der Waals surface area contributed by atoms with Crippen LogP contribution >= 0.6 is 0 Å². The number of hydrogen-bond donors (Lipinski definition) is 0. The molecule has 1 saturated carbocycles. The van der Waals surface area contributed by atoms with E-state index < -0.39 is 17.6 Å².